The van der Waals surface area contributed by atoms with Crippen LogP contribution in [0.25, 0.3) is 11.6 Å². The predicted molar refractivity (Wildman–Crippen MR) is 85.1 cm³/mol. The van der Waals surface area contributed by atoms with Gasteiger partial charge in [-0.15, -0.1) is 0 Å². The van der Waals surface area contributed by atoms with Gasteiger partial charge in [-0.3, -0.25) is 4.98 Å². The maximum Gasteiger partial charge on any atom is 0.403 e. The van der Waals surface area contributed by atoms with E-state index in [4.69, 9.17) is 16.3 Å². The zero-order chi connectivity index (χ0) is 15.8. The van der Waals surface area contributed by atoms with E-state index in [0.29, 0.717) is 17.7 Å². The quantitative estimate of drug-likeness (QED) is 0.617. The molecule has 22 heavy (non-hydrogen) atoms. The zero-order valence-corrected chi connectivity index (χ0v) is 12.5. The van der Waals surface area contributed by atoms with Gasteiger partial charge in [0.15, 0.2) is 0 Å². The molecule has 0 unspecified atom stereocenters. The minimum absolute atomic E-state index is 0.223. The monoisotopic (exact) mass is 312 g/mol. The molecule has 0 fully saturated rings. The Hall–Kier alpha value is -2.64. The SMILES string of the molecule is N#CC(=Cc1cccc(CCOC(=O)Cl)c1)c1ccccn1. The minimum Gasteiger partial charge on any atom is -0.453 e. The summed E-state index contributed by atoms with van der Waals surface area (Å²) in [7, 11) is 0. The number of nitriles is 1. The first-order chi connectivity index (χ1) is 10.7. The van der Waals surface area contributed by atoms with Crippen molar-refractivity contribution in [2.24, 2.45) is 0 Å². The molecule has 1 aromatic carbocycles. The number of hydrogen-bond acceptors (Lipinski definition) is 4. The Kier molecular flexibility index (Phi) is 5.70. The highest BCUT2D eigenvalue weighted by Gasteiger charge is 2.03. The molecule has 4 nitrogen and oxygen atoms in total. The van der Waals surface area contributed by atoms with Gasteiger partial charge in [0.2, 0.25) is 0 Å². The van der Waals surface area contributed by atoms with E-state index in [2.05, 4.69) is 11.1 Å². The molecule has 1 aromatic heterocycles. The Morgan fingerprint density at radius 2 is 2.18 bits per heavy atom. The molecule has 0 saturated heterocycles. The number of rotatable bonds is 5. The second-order valence-electron chi connectivity index (χ2n) is 4.47. The summed E-state index contributed by atoms with van der Waals surface area (Å²) in [5.74, 6) is 0. The highest BCUT2D eigenvalue weighted by atomic mass is 35.5. The molecule has 0 atom stereocenters. The minimum atomic E-state index is -0.807. The van der Waals surface area contributed by atoms with E-state index >= 15 is 0 Å². The fourth-order valence-corrected chi connectivity index (χ4v) is 2.02. The molecule has 0 aliphatic rings. The van der Waals surface area contributed by atoms with Gasteiger partial charge < -0.3 is 4.74 Å². The zero-order valence-electron chi connectivity index (χ0n) is 11.7. The lowest BCUT2D eigenvalue weighted by Gasteiger charge is -2.03. The summed E-state index contributed by atoms with van der Waals surface area (Å²) in [4.78, 5) is 14.7. The first kappa shape index (κ1) is 15.7. The molecule has 0 aliphatic heterocycles. The third-order valence-corrected chi connectivity index (χ3v) is 3.04. The number of allylic oxidation sites excluding steroid dienone is 1. The number of carbonyl (C=O) groups is 1. The summed E-state index contributed by atoms with van der Waals surface area (Å²) in [5.41, 5.74) is 2.19. The van der Waals surface area contributed by atoms with E-state index in [1.165, 1.54) is 0 Å². The molecule has 0 aliphatic carbocycles. The Balaban J connectivity index is 2.16. The molecule has 1 heterocycles. The predicted octanol–water partition coefficient (Wildman–Crippen LogP) is 4.06. The summed E-state index contributed by atoms with van der Waals surface area (Å²) in [6.45, 7) is 0.223. The fourth-order valence-electron chi connectivity index (χ4n) is 1.94. The summed E-state index contributed by atoms with van der Waals surface area (Å²) in [6.07, 6.45) is 3.99. The fraction of sp³-hybridized carbons (Fsp3) is 0.118. The number of halogens is 1. The van der Waals surface area contributed by atoms with Crippen molar-refractivity contribution in [3.8, 4) is 6.07 Å². The first-order valence-electron chi connectivity index (χ1n) is 6.63. The van der Waals surface area contributed by atoms with Gasteiger partial charge >= 0.3 is 5.43 Å². The number of nitrogens with zero attached hydrogens (tertiary/aromatic N) is 2. The number of aromatic nitrogens is 1. The molecular weight excluding hydrogens is 300 g/mol. The average molecular weight is 313 g/mol. The average Bonchev–Trinajstić information content (AvgIpc) is 2.53. The van der Waals surface area contributed by atoms with Crippen LogP contribution >= 0.6 is 11.6 Å². The van der Waals surface area contributed by atoms with E-state index in [9.17, 15) is 10.1 Å². The standard InChI is InChI=1S/C17H13ClN2O2/c18-17(21)22-9-7-13-4-3-5-14(10-13)11-15(12-19)16-6-1-2-8-20-16/h1-6,8,10-11H,7,9H2. The highest BCUT2D eigenvalue weighted by molar-refractivity contribution is 6.61. The van der Waals surface area contributed by atoms with Gasteiger partial charge in [0, 0.05) is 24.2 Å². The molecule has 0 bridgehead atoms. The van der Waals surface area contributed by atoms with Gasteiger partial charge in [-0.1, -0.05) is 30.3 Å². The molecule has 5 heteroatoms. The largest absolute Gasteiger partial charge is 0.453 e. The van der Waals surface area contributed by atoms with Gasteiger partial charge in [-0.05, 0) is 29.3 Å². The van der Waals surface area contributed by atoms with E-state index in [0.717, 1.165) is 11.1 Å². The van der Waals surface area contributed by atoms with Crippen LogP contribution in [-0.2, 0) is 11.2 Å². The maximum absolute atomic E-state index is 10.5. The Morgan fingerprint density at radius 1 is 1.32 bits per heavy atom. The van der Waals surface area contributed by atoms with Crippen molar-refractivity contribution in [1.29, 1.82) is 5.26 Å². The molecular formula is C17H13ClN2O2. The van der Waals surface area contributed by atoms with Gasteiger partial charge in [-0.2, -0.15) is 5.26 Å². The molecule has 2 aromatic rings. The molecule has 0 N–H and O–H groups in total. The second-order valence-corrected chi connectivity index (χ2v) is 4.77. The number of pyridine rings is 1. The number of benzene rings is 1. The van der Waals surface area contributed by atoms with Crippen LogP contribution in [0.3, 0.4) is 0 Å². The van der Waals surface area contributed by atoms with Crippen molar-refractivity contribution >= 4 is 28.7 Å². The van der Waals surface area contributed by atoms with Crippen molar-refractivity contribution < 1.29 is 9.53 Å². The van der Waals surface area contributed by atoms with E-state index in [1.807, 2.05) is 30.3 Å². The lowest BCUT2D eigenvalue weighted by Crippen LogP contribution is -2.00. The lowest BCUT2D eigenvalue weighted by molar-refractivity contribution is 0.175. The van der Waals surface area contributed by atoms with Crippen LogP contribution in [0.2, 0.25) is 0 Å². The normalized spacial score (nSPS) is 10.8. The molecule has 0 spiro atoms. The number of carbonyl (C=O) groups excluding carboxylic acids is 1. The van der Waals surface area contributed by atoms with Crippen LogP contribution in [0.4, 0.5) is 4.79 Å². The smallest absolute Gasteiger partial charge is 0.403 e. The third kappa shape index (κ3) is 4.72. The van der Waals surface area contributed by atoms with Crippen molar-refractivity contribution in [3.63, 3.8) is 0 Å². The summed E-state index contributed by atoms with van der Waals surface area (Å²) in [6, 6.07) is 15.2. The van der Waals surface area contributed by atoms with E-state index < -0.39 is 5.43 Å². The maximum atomic E-state index is 10.5. The van der Waals surface area contributed by atoms with Gasteiger partial charge in [0.1, 0.15) is 6.07 Å². The van der Waals surface area contributed by atoms with Crippen LogP contribution in [0, 0.1) is 11.3 Å². The van der Waals surface area contributed by atoms with Gasteiger partial charge in [-0.25, -0.2) is 4.79 Å². The molecule has 0 saturated carbocycles. The Morgan fingerprint density at radius 3 is 2.86 bits per heavy atom. The van der Waals surface area contributed by atoms with Crippen molar-refractivity contribution in [1.82, 2.24) is 4.98 Å². The van der Waals surface area contributed by atoms with Crippen LogP contribution < -0.4 is 0 Å². The van der Waals surface area contributed by atoms with Gasteiger partial charge in [0.25, 0.3) is 0 Å². The Labute approximate surface area is 133 Å². The summed E-state index contributed by atoms with van der Waals surface area (Å²) < 4.78 is 4.71. The molecule has 110 valence electrons. The topological polar surface area (TPSA) is 63.0 Å². The molecule has 0 amide bonds. The van der Waals surface area contributed by atoms with Crippen LogP contribution in [-0.4, -0.2) is 17.0 Å². The lowest BCUT2D eigenvalue weighted by atomic mass is 10.0. The van der Waals surface area contributed by atoms with Crippen LogP contribution in [0.15, 0.2) is 48.7 Å². The summed E-state index contributed by atoms with van der Waals surface area (Å²) in [5, 5.41) is 9.28. The van der Waals surface area contributed by atoms with Crippen molar-refractivity contribution in [2.45, 2.75) is 6.42 Å². The Bertz CT molecular complexity index is 721. The molecule has 0 radical (unpaired) electrons. The van der Waals surface area contributed by atoms with E-state index in [1.54, 1.807) is 24.4 Å². The van der Waals surface area contributed by atoms with Crippen LogP contribution in [0.1, 0.15) is 16.8 Å². The van der Waals surface area contributed by atoms with Crippen molar-refractivity contribution in [2.75, 3.05) is 6.61 Å². The number of hydrogen-bond donors (Lipinski definition) is 0. The van der Waals surface area contributed by atoms with Crippen molar-refractivity contribution in [3.05, 3.63) is 65.5 Å². The first-order valence-corrected chi connectivity index (χ1v) is 7.01. The third-order valence-electron chi connectivity index (χ3n) is 2.93. The molecule has 2 rings (SSSR count). The van der Waals surface area contributed by atoms with Crippen LogP contribution in [0.5, 0.6) is 0 Å². The second kappa shape index (κ2) is 7.96. The summed E-state index contributed by atoms with van der Waals surface area (Å²) >= 11 is 5.12. The van der Waals surface area contributed by atoms with Gasteiger partial charge in [0.05, 0.1) is 17.9 Å². The number of ether oxygens (including phenoxy) is 1. The highest BCUT2D eigenvalue weighted by Crippen LogP contribution is 2.16. The van der Waals surface area contributed by atoms with E-state index in [-0.39, 0.29) is 6.61 Å².